The van der Waals surface area contributed by atoms with Gasteiger partial charge in [0, 0.05) is 10.7 Å². The summed E-state index contributed by atoms with van der Waals surface area (Å²) in [6.07, 6.45) is 0.517. The van der Waals surface area contributed by atoms with Crippen molar-refractivity contribution in [2.45, 2.75) is 12.1 Å². The van der Waals surface area contributed by atoms with E-state index in [1.54, 1.807) is 24.4 Å². The van der Waals surface area contributed by atoms with E-state index in [1.807, 2.05) is 6.07 Å². The molecule has 1 fully saturated rings. The van der Waals surface area contributed by atoms with E-state index in [1.165, 1.54) is 12.1 Å². The van der Waals surface area contributed by atoms with Crippen LogP contribution in [0.2, 0.25) is 0 Å². The SMILES string of the molecule is O=C1NC(c2ccc(Br)cn2)C(c2cccc(F)c2)O1. The zero-order valence-electron chi connectivity index (χ0n) is 10.2. The van der Waals surface area contributed by atoms with Gasteiger partial charge in [-0.2, -0.15) is 0 Å². The molecule has 1 amide bonds. The van der Waals surface area contributed by atoms with Crippen LogP contribution in [0.4, 0.5) is 9.18 Å². The van der Waals surface area contributed by atoms with Crippen molar-refractivity contribution in [2.24, 2.45) is 0 Å². The van der Waals surface area contributed by atoms with Crippen molar-refractivity contribution in [3.63, 3.8) is 0 Å². The Hall–Kier alpha value is -1.95. The van der Waals surface area contributed by atoms with Gasteiger partial charge in [-0.3, -0.25) is 4.98 Å². The number of hydrogen-bond acceptors (Lipinski definition) is 3. The average molecular weight is 337 g/mol. The van der Waals surface area contributed by atoms with E-state index >= 15 is 0 Å². The van der Waals surface area contributed by atoms with E-state index in [0.29, 0.717) is 11.3 Å². The van der Waals surface area contributed by atoms with Gasteiger partial charge in [0.25, 0.3) is 0 Å². The first-order chi connectivity index (χ1) is 9.63. The van der Waals surface area contributed by atoms with Gasteiger partial charge in [0.05, 0.1) is 5.69 Å². The van der Waals surface area contributed by atoms with Gasteiger partial charge in [0.2, 0.25) is 0 Å². The first-order valence-electron chi connectivity index (χ1n) is 5.97. The number of halogens is 2. The van der Waals surface area contributed by atoms with E-state index in [9.17, 15) is 9.18 Å². The van der Waals surface area contributed by atoms with Gasteiger partial charge in [-0.15, -0.1) is 0 Å². The molecule has 102 valence electrons. The quantitative estimate of drug-likeness (QED) is 0.912. The van der Waals surface area contributed by atoms with Crippen LogP contribution >= 0.6 is 15.9 Å². The Morgan fingerprint density at radius 3 is 2.85 bits per heavy atom. The van der Waals surface area contributed by atoms with Crippen LogP contribution < -0.4 is 5.32 Å². The van der Waals surface area contributed by atoms with Crippen LogP contribution in [-0.4, -0.2) is 11.1 Å². The third-order valence-electron chi connectivity index (χ3n) is 3.06. The minimum atomic E-state index is -0.591. The highest BCUT2D eigenvalue weighted by Crippen LogP contribution is 2.36. The predicted molar refractivity (Wildman–Crippen MR) is 73.4 cm³/mol. The van der Waals surface area contributed by atoms with Crippen LogP contribution in [0.15, 0.2) is 47.1 Å². The molecule has 2 aromatic rings. The highest BCUT2D eigenvalue weighted by atomic mass is 79.9. The second-order valence-corrected chi connectivity index (χ2v) is 5.32. The van der Waals surface area contributed by atoms with Crippen LogP contribution in [0.3, 0.4) is 0 Å². The zero-order chi connectivity index (χ0) is 14.1. The Balaban J connectivity index is 1.96. The molecule has 2 heterocycles. The summed E-state index contributed by atoms with van der Waals surface area (Å²) in [5.74, 6) is -0.368. The third-order valence-corrected chi connectivity index (χ3v) is 3.53. The van der Waals surface area contributed by atoms with Crippen molar-refractivity contribution in [3.8, 4) is 0 Å². The number of pyridine rings is 1. The molecule has 0 saturated carbocycles. The number of benzene rings is 1. The Kier molecular flexibility index (Phi) is 3.40. The summed E-state index contributed by atoms with van der Waals surface area (Å²) in [6.45, 7) is 0. The molecule has 3 rings (SSSR count). The van der Waals surface area contributed by atoms with Crippen molar-refractivity contribution in [3.05, 3.63) is 64.1 Å². The molecule has 0 bridgehead atoms. The highest BCUT2D eigenvalue weighted by molar-refractivity contribution is 9.10. The van der Waals surface area contributed by atoms with Crippen molar-refractivity contribution >= 4 is 22.0 Å². The number of nitrogens with zero attached hydrogens (tertiary/aromatic N) is 1. The Morgan fingerprint density at radius 1 is 1.30 bits per heavy atom. The minimum Gasteiger partial charge on any atom is -0.439 e. The monoisotopic (exact) mass is 336 g/mol. The largest absolute Gasteiger partial charge is 0.439 e. The molecule has 20 heavy (non-hydrogen) atoms. The molecular weight excluding hydrogens is 327 g/mol. The molecule has 1 aromatic carbocycles. The van der Waals surface area contributed by atoms with Gasteiger partial charge in [-0.1, -0.05) is 12.1 Å². The topological polar surface area (TPSA) is 51.2 Å². The van der Waals surface area contributed by atoms with E-state index < -0.39 is 18.2 Å². The molecule has 1 aliphatic rings. The molecule has 1 N–H and O–H groups in total. The molecule has 2 unspecified atom stereocenters. The van der Waals surface area contributed by atoms with Crippen LogP contribution in [0.1, 0.15) is 23.4 Å². The van der Waals surface area contributed by atoms with Crippen LogP contribution in [0.25, 0.3) is 0 Å². The zero-order valence-corrected chi connectivity index (χ0v) is 11.8. The number of amides is 1. The van der Waals surface area contributed by atoms with Gasteiger partial charge >= 0.3 is 6.09 Å². The maximum Gasteiger partial charge on any atom is 0.408 e. The Labute approximate surface area is 123 Å². The predicted octanol–water partition coefficient (Wildman–Crippen LogP) is 3.51. The van der Waals surface area contributed by atoms with E-state index in [0.717, 1.165) is 4.47 Å². The number of aromatic nitrogens is 1. The van der Waals surface area contributed by atoms with Crippen molar-refractivity contribution in [2.75, 3.05) is 0 Å². The van der Waals surface area contributed by atoms with Crippen LogP contribution in [-0.2, 0) is 4.74 Å². The maximum atomic E-state index is 13.3. The van der Waals surface area contributed by atoms with E-state index in [4.69, 9.17) is 4.74 Å². The van der Waals surface area contributed by atoms with Crippen molar-refractivity contribution in [1.82, 2.24) is 10.3 Å². The standard InChI is InChI=1S/C14H10BrFN2O2/c15-9-4-5-11(17-7-9)12-13(20-14(19)18-12)8-2-1-3-10(16)6-8/h1-7,12-13H,(H,18,19). The van der Waals surface area contributed by atoms with Crippen molar-refractivity contribution < 1.29 is 13.9 Å². The molecular formula is C14H10BrFN2O2. The van der Waals surface area contributed by atoms with Gasteiger partial charge in [0.15, 0.2) is 6.10 Å². The number of cyclic esters (lactones) is 1. The number of rotatable bonds is 2. The lowest BCUT2D eigenvalue weighted by molar-refractivity contribution is 0.131. The molecule has 4 nitrogen and oxygen atoms in total. The first kappa shape index (κ1) is 13.1. The van der Waals surface area contributed by atoms with Gasteiger partial charge in [-0.25, -0.2) is 9.18 Å². The second kappa shape index (κ2) is 5.20. The second-order valence-electron chi connectivity index (χ2n) is 4.40. The van der Waals surface area contributed by atoms with Gasteiger partial charge in [-0.05, 0) is 45.8 Å². The number of ether oxygens (including phenoxy) is 1. The Bertz CT molecular complexity index is 648. The lowest BCUT2D eigenvalue weighted by atomic mass is 10.00. The average Bonchev–Trinajstić information content (AvgIpc) is 2.82. The maximum absolute atomic E-state index is 13.3. The lowest BCUT2D eigenvalue weighted by Gasteiger charge is -2.16. The molecule has 1 aromatic heterocycles. The van der Waals surface area contributed by atoms with Crippen LogP contribution in [0.5, 0.6) is 0 Å². The minimum absolute atomic E-state index is 0.368. The summed E-state index contributed by atoms with van der Waals surface area (Å²) in [5, 5.41) is 2.70. The summed E-state index contributed by atoms with van der Waals surface area (Å²) in [6, 6.07) is 9.20. The van der Waals surface area contributed by atoms with Crippen LogP contribution in [0, 0.1) is 5.82 Å². The summed E-state index contributed by atoms with van der Waals surface area (Å²) >= 11 is 3.30. The van der Waals surface area contributed by atoms with Gasteiger partial charge < -0.3 is 10.1 Å². The third kappa shape index (κ3) is 2.51. The molecule has 0 radical (unpaired) electrons. The number of alkyl carbamates (subject to hydrolysis) is 1. The lowest BCUT2D eigenvalue weighted by Crippen LogP contribution is -2.20. The molecule has 1 saturated heterocycles. The first-order valence-corrected chi connectivity index (χ1v) is 6.77. The number of carbonyl (C=O) groups excluding carboxylic acids is 1. The molecule has 0 aliphatic carbocycles. The summed E-state index contributed by atoms with van der Waals surface area (Å²) in [7, 11) is 0. The van der Waals surface area contributed by atoms with E-state index in [2.05, 4.69) is 26.2 Å². The van der Waals surface area contributed by atoms with E-state index in [-0.39, 0.29) is 5.82 Å². The summed E-state index contributed by atoms with van der Waals surface area (Å²) in [5.41, 5.74) is 1.26. The Morgan fingerprint density at radius 2 is 2.15 bits per heavy atom. The fourth-order valence-corrected chi connectivity index (χ4v) is 2.40. The fraction of sp³-hybridized carbons (Fsp3) is 0.143. The molecule has 1 aliphatic heterocycles. The highest BCUT2D eigenvalue weighted by Gasteiger charge is 2.37. The summed E-state index contributed by atoms with van der Waals surface area (Å²) in [4.78, 5) is 15.8. The number of hydrogen-bond donors (Lipinski definition) is 1. The molecule has 0 spiro atoms. The number of carbonyl (C=O) groups is 1. The smallest absolute Gasteiger partial charge is 0.408 e. The number of nitrogens with one attached hydrogen (secondary N) is 1. The normalized spacial score (nSPS) is 21.4. The molecule has 6 heteroatoms. The molecule has 2 atom stereocenters. The fourth-order valence-electron chi connectivity index (χ4n) is 2.16. The summed E-state index contributed by atoms with van der Waals surface area (Å²) < 4.78 is 19.4. The van der Waals surface area contributed by atoms with Crippen molar-refractivity contribution in [1.29, 1.82) is 0 Å². The van der Waals surface area contributed by atoms with Gasteiger partial charge in [0.1, 0.15) is 11.9 Å².